The van der Waals surface area contributed by atoms with Gasteiger partial charge in [-0.25, -0.2) is 16.8 Å². The molecule has 0 aromatic rings. The molecule has 0 aliphatic rings. The third-order valence-electron chi connectivity index (χ3n) is 0.383. The molecule has 0 heterocycles. The Morgan fingerprint density at radius 2 is 1.00 bits per heavy atom. The first kappa shape index (κ1) is 30.2. The molecule has 10 nitrogen and oxygen atoms in total. The summed E-state index contributed by atoms with van der Waals surface area (Å²) in [6, 6.07) is 0. The summed E-state index contributed by atoms with van der Waals surface area (Å²) in [4.78, 5) is 0. The third-order valence-corrected chi connectivity index (χ3v) is 2.24. The summed E-state index contributed by atoms with van der Waals surface area (Å²) in [6.45, 7) is 0. The van der Waals surface area contributed by atoms with Crippen molar-refractivity contribution in [2.24, 2.45) is 0 Å². The van der Waals surface area contributed by atoms with Crippen molar-refractivity contribution in [1.29, 1.82) is 0 Å². The fraction of sp³-hybridized carbons (Fsp3) is 0. The van der Waals surface area contributed by atoms with Crippen molar-refractivity contribution in [2.75, 3.05) is 0 Å². The first-order valence-corrected chi connectivity index (χ1v) is 4.30. The normalized spacial score (nSPS) is 10.0. The average Bonchev–Trinajstić information content (AvgIpc) is 1.59. The predicted octanol–water partition coefficient (Wildman–Crippen LogP) is -10.0. The van der Waals surface area contributed by atoms with Crippen LogP contribution in [0.2, 0.25) is 0 Å². The molecule has 78 valence electrons. The Kier molecular flexibility index (Phi) is 23.8. The van der Waals surface area contributed by atoms with E-state index >= 15 is 0 Å². The standard InChI is InChI=1S/2K.H3NO7S2.2H2O/c;;2-1(9(3,4)5)10(6,7)8;;/h;;2H,(H,3,4,5)(H,6,7,8);2*1H2/q2*+1;;;/p-2. The van der Waals surface area contributed by atoms with E-state index in [4.69, 9.17) is 5.21 Å². The van der Waals surface area contributed by atoms with E-state index < -0.39 is 24.5 Å². The van der Waals surface area contributed by atoms with Crippen LogP contribution < -0.4 is 103 Å². The van der Waals surface area contributed by atoms with E-state index in [-0.39, 0.29) is 114 Å². The molecule has 0 radical (unpaired) electrons. The van der Waals surface area contributed by atoms with Gasteiger partial charge in [0.2, 0.25) is 0 Å². The first-order valence-electron chi connectivity index (χ1n) is 1.57. The van der Waals surface area contributed by atoms with Gasteiger partial charge in [-0.3, -0.25) is 5.21 Å². The minimum Gasteiger partial charge on any atom is -0.733 e. The summed E-state index contributed by atoms with van der Waals surface area (Å²) in [5, 5.41) is 7.75. The molecule has 0 aromatic heterocycles. The number of hydrogen-bond donors (Lipinski definition) is 1. The molecule has 0 amide bonds. The molecule has 5 N–H and O–H groups in total. The summed E-state index contributed by atoms with van der Waals surface area (Å²) < 4.78 is 55.3. The van der Waals surface area contributed by atoms with Gasteiger partial charge in [-0.2, -0.15) is 0 Å². The molecule has 0 saturated heterocycles. The Bertz CT molecular complexity index is 270. The quantitative estimate of drug-likeness (QED) is 0.296. The van der Waals surface area contributed by atoms with Crippen molar-refractivity contribution in [3.05, 3.63) is 0 Å². The van der Waals surface area contributed by atoms with Crippen LogP contribution >= 0.6 is 0 Å². The summed E-state index contributed by atoms with van der Waals surface area (Å²) >= 11 is 0. The number of rotatable bonds is 2. The van der Waals surface area contributed by atoms with Crippen molar-refractivity contribution in [2.45, 2.75) is 0 Å². The molecule has 0 aliphatic carbocycles. The predicted molar refractivity (Wildman–Crippen MR) is 30.2 cm³/mol. The fourth-order valence-corrected chi connectivity index (χ4v) is 1.01. The van der Waals surface area contributed by atoms with Crippen molar-refractivity contribution >= 4 is 20.6 Å². The van der Waals surface area contributed by atoms with Gasteiger partial charge in [0.1, 0.15) is 0 Å². The van der Waals surface area contributed by atoms with E-state index in [1.54, 1.807) is 0 Å². The van der Waals surface area contributed by atoms with Gasteiger partial charge < -0.3 is 20.1 Å². The van der Waals surface area contributed by atoms with E-state index in [2.05, 4.69) is 0 Å². The molecule has 0 rings (SSSR count). The second-order valence-corrected chi connectivity index (χ2v) is 3.73. The van der Waals surface area contributed by atoms with Crippen LogP contribution in [-0.4, -0.2) is 46.0 Å². The van der Waals surface area contributed by atoms with Crippen LogP contribution in [-0.2, 0) is 20.6 Å². The molecule has 0 fully saturated rings. The summed E-state index contributed by atoms with van der Waals surface area (Å²) in [6.07, 6.45) is 0. The second-order valence-electron chi connectivity index (χ2n) is 1.09. The topological polar surface area (TPSA) is 201 Å². The minimum atomic E-state index is -5.62. The van der Waals surface area contributed by atoms with Gasteiger partial charge in [0.05, 0.1) is 0 Å². The monoisotopic (exact) mass is 305 g/mol. The van der Waals surface area contributed by atoms with Gasteiger partial charge >= 0.3 is 103 Å². The van der Waals surface area contributed by atoms with Gasteiger partial charge in [-0.15, -0.1) is 0 Å². The van der Waals surface area contributed by atoms with Crippen molar-refractivity contribution in [1.82, 2.24) is 3.87 Å². The first-order chi connectivity index (χ1) is 4.15. The molecular formula is H5K2NO9S2. The molecule has 0 spiro atoms. The van der Waals surface area contributed by atoms with E-state index in [0.717, 1.165) is 0 Å². The zero-order chi connectivity index (χ0) is 8.58. The molecule has 14 heteroatoms. The Labute approximate surface area is 165 Å². The van der Waals surface area contributed by atoms with Crippen molar-refractivity contribution in [3.63, 3.8) is 0 Å². The van der Waals surface area contributed by atoms with Crippen LogP contribution in [0.3, 0.4) is 0 Å². The van der Waals surface area contributed by atoms with Crippen LogP contribution in [0.15, 0.2) is 0 Å². The van der Waals surface area contributed by atoms with E-state index in [1.807, 2.05) is 0 Å². The van der Waals surface area contributed by atoms with Crippen LogP contribution in [0, 0.1) is 0 Å². The SMILES string of the molecule is O.O.O=S(=O)([O-])N(O)S(=O)(=O)[O-].[K+].[K+]. The smallest absolute Gasteiger partial charge is 0.733 e. The minimum absolute atomic E-state index is 0. The molecule has 0 aliphatic heterocycles. The van der Waals surface area contributed by atoms with E-state index in [0.29, 0.717) is 0 Å². The van der Waals surface area contributed by atoms with E-state index in [1.165, 1.54) is 0 Å². The molecule has 0 bridgehead atoms. The average molecular weight is 305 g/mol. The molecular weight excluding hydrogens is 300 g/mol. The molecule has 0 aromatic carbocycles. The Balaban J connectivity index is -0.0000000675. The van der Waals surface area contributed by atoms with Crippen LogP contribution in [0.5, 0.6) is 0 Å². The van der Waals surface area contributed by atoms with Crippen molar-refractivity contribution in [3.8, 4) is 0 Å². The maximum absolute atomic E-state index is 9.52. The molecule has 0 saturated carbocycles. The van der Waals surface area contributed by atoms with Crippen LogP contribution in [0.1, 0.15) is 0 Å². The largest absolute Gasteiger partial charge is 1.00 e. The van der Waals surface area contributed by atoms with Crippen LogP contribution in [0.25, 0.3) is 0 Å². The van der Waals surface area contributed by atoms with Gasteiger partial charge in [0, 0.05) is 3.87 Å². The second kappa shape index (κ2) is 11.0. The van der Waals surface area contributed by atoms with Gasteiger partial charge in [-0.05, 0) is 0 Å². The third kappa shape index (κ3) is 13.0. The van der Waals surface area contributed by atoms with E-state index in [9.17, 15) is 25.9 Å². The zero-order valence-corrected chi connectivity index (χ0v) is 15.0. The Morgan fingerprint density at radius 1 is 0.857 bits per heavy atom. The molecule has 14 heavy (non-hydrogen) atoms. The Hall–Kier alpha value is 2.93. The molecule has 0 unspecified atom stereocenters. The number of nitrogens with zero attached hydrogens (tertiary/aromatic N) is 1. The maximum atomic E-state index is 9.52. The van der Waals surface area contributed by atoms with Crippen LogP contribution in [0.4, 0.5) is 0 Å². The fourth-order valence-electron chi connectivity index (χ4n) is 0.112. The Morgan fingerprint density at radius 3 is 1.00 bits per heavy atom. The zero-order valence-electron chi connectivity index (χ0n) is 7.16. The number of hydrogen-bond acceptors (Lipinski definition) is 7. The van der Waals surface area contributed by atoms with Gasteiger partial charge in [-0.1, -0.05) is 0 Å². The summed E-state index contributed by atoms with van der Waals surface area (Å²) in [5.41, 5.74) is 0. The van der Waals surface area contributed by atoms with Gasteiger partial charge in [0.15, 0.2) is 20.6 Å². The summed E-state index contributed by atoms with van der Waals surface area (Å²) in [5.74, 6) is 0. The van der Waals surface area contributed by atoms with Gasteiger partial charge in [0.25, 0.3) is 0 Å². The van der Waals surface area contributed by atoms with Crippen molar-refractivity contribution < 1.29 is 145 Å². The summed E-state index contributed by atoms with van der Waals surface area (Å²) in [7, 11) is -11.2. The molecule has 0 atom stereocenters. The maximum Gasteiger partial charge on any atom is 1.00 e.